The first-order valence-corrected chi connectivity index (χ1v) is 13.5. The second kappa shape index (κ2) is 11.9. The van der Waals surface area contributed by atoms with Gasteiger partial charge in [0, 0.05) is 42.8 Å². The Bertz CT molecular complexity index is 1360. The first-order chi connectivity index (χ1) is 18.5. The van der Waals surface area contributed by atoms with E-state index in [-0.39, 0.29) is 48.2 Å². The van der Waals surface area contributed by atoms with Gasteiger partial charge in [0.2, 0.25) is 5.91 Å². The van der Waals surface area contributed by atoms with E-state index < -0.39 is 0 Å². The molecule has 1 aliphatic rings. The van der Waals surface area contributed by atoms with E-state index in [0.29, 0.717) is 34.4 Å². The molecule has 1 aromatic carbocycles. The zero-order valence-corrected chi connectivity index (χ0v) is 23.6. The molecule has 3 amide bonds. The molecule has 10 nitrogen and oxygen atoms in total. The third-order valence-corrected chi connectivity index (χ3v) is 7.19. The number of carbonyl (C=O) groups is 3. The SMILES string of the molecule is CC1CC(C)C(CNC(=O)c2cc(-c3cccc(C(=O)NCCN(C)C)c3)nc3c2cnn3C(C)C)C(=O)N1. The molecule has 0 radical (unpaired) electrons. The molecule has 39 heavy (non-hydrogen) atoms. The summed E-state index contributed by atoms with van der Waals surface area (Å²) >= 11 is 0. The van der Waals surface area contributed by atoms with Gasteiger partial charge in [0.1, 0.15) is 0 Å². The molecule has 0 spiro atoms. The third kappa shape index (κ3) is 6.44. The summed E-state index contributed by atoms with van der Waals surface area (Å²) in [6, 6.07) is 9.13. The van der Waals surface area contributed by atoms with E-state index in [4.69, 9.17) is 4.98 Å². The lowest BCUT2D eigenvalue weighted by atomic mass is 9.84. The van der Waals surface area contributed by atoms with E-state index in [1.165, 1.54) is 0 Å². The van der Waals surface area contributed by atoms with Crippen molar-refractivity contribution in [2.24, 2.45) is 11.8 Å². The molecule has 3 heterocycles. The number of nitrogens with zero attached hydrogens (tertiary/aromatic N) is 4. The van der Waals surface area contributed by atoms with Crippen molar-refractivity contribution in [3.05, 3.63) is 47.7 Å². The first kappa shape index (κ1) is 28.2. The number of nitrogens with one attached hydrogen (secondary N) is 3. The molecule has 2 aromatic heterocycles. The van der Waals surface area contributed by atoms with Gasteiger partial charge < -0.3 is 20.9 Å². The van der Waals surface area contributed by atoms with Gasteiger partial charge in [0.25, 0.3) is 11.8 Å². The fourth-order valence-corrected chi connectivity index (χ4v) is 5.03. The molecule has 1 saturated heterocycles. The summed E-state index contributed by atoms with van der Waals surface area (Å²) in [5.41, 5.74) is 2.82. The fraction of sp³-hybridized carbons (Fsp3) is 0.483. The van der Waals surface area contributed by atoms with Gasteiger partial charge in [-0.05, 0) is 65.4 Å². The number of benzene rings is 1. The number of carbonyl (C=O) groups excluding carboxylic acids is 3. The number of fused-ring (bicyclic) bond motifs is 1. The van der Waals surface area contributed by atoms with E-state index in [1.807, 2.05) is 58.8 Å². The van der Waals surface area contributed by atoms with Crippen LogP contribution in [0.25, 0.3) is 22.3 Å². The molecule has 10 heteroatoms. The molecule has 3 atom stereocenters. The smallest absolute Gasteiger partial charge is 0.252 e. The van der Waals surface area contributed by atoms with Gasteiger partial charge >= 0.3 is 0 Å². The van der Waals surface area contributed by atoms with Gasteiger partial charge in [0.15, 0.2) is 5.65 Å². The average Bonchev–Trinajstić information content (AvgIpc) is 3.31. The van der Waals surface area contributed by atoms with Crippen molar-refractivity contribution in [3.63, 3.8) is 0 Å². The zero-order chi connectivity index (χ0) is 28.3. The minimum atomic E-state index is -0.289. The summed E-state index contributed by atoms with van der Waals surface area (Å²) in [7, 11) is 3.91. The van der Waals surface area contributed by atoms with Crippen molar-refractivity contribution in [1.82, 2.24) is 35.6 Å². The highest BCUT2D eigenvalue weighted by atomic mass is 16.2. The average molecular weight is 534 g/mol. The quantitative estimate of drug-likeness (QED) is 0.389. The van der Waals surface area contributed by atoms with Crippen molar-refractivity contribution >= 4 is 28.8 Å². The maximum Gasteiger partial charge on any atom is 0.252 e. The summed E-state index contributed by atoms with van der Waals surface area (Å²) in [6.07, 6.45) is 2.53. The van der Waals surface area contributed by atoms with Crippen LogP contribution < -0.4 is 16.0 Å². The zero-order valence-electron chi connectivity index (χ0n) is 23.6. The topological polar surface area (TPSA) is 121 Å². The number of aromatic nitrogens is 3. The highest BCUT2D eigenvalue weighted by Crippen LogP contribution is 2.28. The Balaban J connectivity index is 1.64. The normalized spacial score (nSPS) is 19.4. The largest absolute Gasteiger partial charge is 0.353 e. The molecule has 0 aliphatic carbocycles. The summed E-state index contributed by atoms with van der Waals surface area (Å²) in [4.78, 5) is 45.7. The van der Waals surface area contributed by atoms with Crippen LogP contribution in [0.4, 0.5) is 0 Å². The van der Waals surface area contributed by atoms with Crippen LogP contribution >= 0.6 is 0 Å². The maximum atomic E-state index is 13.5. The predicted octanol–water partition coefficient (Wildman–Crippen LogP) is 2.86. The van der Waals surface area contributed by atoms with Gasteiger partial charge in [-0.2, -0.15) is 5.10 Å². The molecule has 3 aromatic rings. The van der Waals surface area contributed by atoms with Crippen LogP contribution in [-0.4, -0.2) is 77.2 Å². The number of hydrogen-bond donors (Lipinski definition) is 3. The van der Waals surface area contributed by atoms with Crippen LogP contribution in [0.2, 0.25) is 0 Å². The van der Waals surface area contributed by atoms with Crippen molar-refractivity contribution < 1.29 is 14.4 Å². The predicted molar refractivity (Wildman–Crippen MR) is 151 cm³/mol. The molecule has 208 valence electrons. The van der Waals surface area contributed by atoms with E-state index in [1.54, 1.807) is 29.1 Å². The van der Waals surface area contributed by atoms with Crippen molar-refractivity contribution in [3.8, 4) is 11.3 Å². The molecule has 0 bridgehead atoms. The second-order valence-electron chi connectivity index (χ2n) is 11.1. The maximum absolute atomic E-state index is 13.5. The van der Waals surface area contributed by atoms with Crippen molar-refractivity contribution in [2.75, 3.05) is 33.7 Å². The molecule has 3 N–H and O–H groups in total. The number of rotatable bonds is 9. The Hall–Kier alpha value is -3.79. The van der Waals surface area contributed by atoms with Gasteiger partial charge in [-0.25, -0.2) is 9.67 Å². The standard InChI is InChI=1S/C29H39N7O3/c1-17(2)36-26-24(16-32-36)22(28(38)31-15-23-18(3)12-19(4)33-29(23)39)14-25(34-26)20-8-7-9-21(13-20)27(37)30-10-11-35(5)6/h7-9,13-14,16-19,23H,10-12,15H2,1-6H3,(H,30,37)(H,31,38)(H,33,39). The van der Waals surface area contributed by atoms with Gasteiger partial charge in [-0.3, -0.25) is 14.4 Å². The van der Waals surface area contributed by atoms with Crippen LogP contribution in [0.1, 0.15) is 60.9 Å². The molecule has 0 saturated carbocycles. The molecule has 1 aliphatic heterocycles. The van der Waals surface area contributed by atoms with E-state index in [2.05, 4.69) is 21.0 Å². The third-order valence-electron chi connectivity index (χ3n) is 7.19. The highest BCUT2D eigenvalue weighted by Gasteiger charge is 2.32. The lowest BCUT2D eigenvalue weighted by Crippen LogP contribution is -2.50. The summed E-state index contributed by atoms with van der Waals surface area (Å²) in [5, 5.41) is 14.0. The van der Waals surface area contributed by atoms with Crippen LogP contribution in [0.3, 0.4) is 0 Å². The van der Waals surface area contributed by atoms with Gasteiger partial charge in [-0.15, -0.1) is 0 Å². The number of piperidine rings is 1. The number of pyridine rings is 1. The van der Waals surface area contributed by atoms with E-state index in [0.717, 1.165) is 18.5 Å². The molecule has 1 fully saturated rings. The Morgan fingerprint density at radius 1 is 1.15 bits per heavy atom. The number of likely N-dealkylation sites (N-methyl/N-ethyl adjacent to an activating group) is 1. The van der Waals surface area contributed by atoms with E-state index >= 15 is 0 Å². The Kier molecular flexibility index (Phi) is 8.64. The Morgan fingerprint density at radius 2 is 1.92 bits per heavy atom. The van der Waals surface area contributed by atoms with Crippen molar-refractivity contribution in [2.45, 2.75) is 46.2 Å². The number of amides is 3. The monoisotopic (exact) mass is 533 g/mol. The fourth-order valence-electron chi connectivity index (χ4n) is 5.03. The number of hydrogen-bond acceptors (Lipinski definition) is 6. The van der Waals surface area contributed by atoms with Crippen molar-refractivity contribution in [1.29, 1.82) is 0 Å². The van der Waals surface area contributed by atoms with Crippen LogP contribution in [-0.2, 0) is 4.79 Å². The van der Waals surface area contributed by atoms with Crippen LogP contribution in [0.5, 0.6) is 0 Å². The first-order valence-electron chi connectivity index (χ1n) is 13.5. The van der Waals surface area contributed by atoms with E-state index in [9.17, 15) is 14.4 Å². The second-order valence-corrected chi connectivity index (χ2v) is 11.1. The lowest BCUT2D eigenvalue weighted by Gasteiger charge is -2.32. The molecular weight excluding hydrogens is 494 g/mol. The molecule has 4 rings (SSSR count). The highest BCUT2D eigenvalue weighted by molar-refractivity contribution is 6.06. The van der Waals surface area contributed by atoms with Crippen LogP contribution in [0.15, 0.2) is 36.5 Å². The molecular formula is C29H39N7O3. The minimum Gasteiger partial charge on any atom is -0.353 e. The Labute approximate surface area is 229 Å². The summed E-state index contributed by atoms with van der Waals surface area (Å²) in [5.74, 6) is -0.613. The van der Waals surface area contributed by atoms with Gasteiger partial charge in [0.05, 0.1) is 28.8 Å². The minimum absolute atomic E-state index is 0.0312. The summed E-state index contributed by atoms with van der Waals surface area (Å²) in [6.45, 7) is 9.57. The van der Waals surface area contributed by atoms with Gasteiger partial charge in [-0.1, -0.05) is 19.1 Å². The van der Waals surface area contributed by atoms with Crippen LogP contribution in [0, 0.1) is 11.8 Å². The summed E-state index contributed by atoms with van der Waals surface area (Å²) < 4.78 is 1.78. The lowest BCUT2D eigenvalue weighted by molar-refractivity contribution is -0.129. The Morgan fingerprint density at radius 3 is 2.62 bits per heavy atom. The molecule has 3 unspecified atom stereocenters.